The SMILES string of the molecule is NC(=O)CONC1CCCc2ccccc21. The van der Waals surface area contributed by atoms with Gasteiger partial charge in [-0.3, -0.25) is 9.63 Å². The van der Waals surface area contributed by atoms with Crippen molar-refractivity contribution in [2.45, 2.75) is 25.3 Å². The van der Waals surface area contributed by atoms with E-state index in [1.165, 1.54) is 11.1 Å². The largest absolute Gasteiger partial charge is 0.368 e. The first kappa shape index (κ1) is 11.1. The third-order valence-electron chi connectivity index (χ3n) is 2.81. The predicted molar refractivity (Wildman–Crippen MR) is 60.4 cm³/mol. The maximum Gasteiger partial charge on any atom is 0.245 e. The molecule has 1 aromatic rings. The van der Waals surface area contributed by atoms with Crippen molar-refractivity contribution in [1.29, 1.82) is 0 Å². The smallest absolute Gasteiger partial charge is 0.245 e. The molecule has 0 saturated heterocycles. The predicted octanol–water partition coefficient (Wildman–Crippen LogP) is 1.07. The lowest BCUT2D eigenvalue weighted by atomic mass is 9.88. The number of carbonyl (C=O) groups excluding carboxylic acids is 1. The minimum absolute atomic E-state index is 0.0847. The summed E-state index contributed by atoms with van der Waals surface area (Å²) in [5.74, 6) is -0.461. The summed E-state index contributed by atoms with van der Waals surface area (Å²) >= 11 is 0. The van der Waals surface area contributed by atoms with Crippen molar-refractivity contribution in [3.63, 3.8) is 0 Å². The molecule has 3 N–H and O–H groups in total. The maximum absolute atomic E-state index is 10.5. The van der Waals surface area contributed by atoms with Crippen LogP contribution in [0.5, 0.6) is 0 Å². The highest BCUT2D eigenvalue weighted by Crippen LogP contribution is 2.29. The van der Waals surface area contributed by atoms with Gasteiger partial charge >= 0.3 is 0 Å². The summed E-state index contributed by atoms with van der Waals surface area (Å²) in [6, 6.07) is 8.47. The lowest BCUT2D eigenvalue weighted by Crippen LogP contribution is -2.29. The van der Waals surface area contributed by atoms with Crippen molar-refractivity contribution in [3.05, 3.63) is 35.4 Å². The molecule has 0 aliphatic heterocycles. The fraction of sp³-hybridized carbons (Fsp3) is 0.417. The van der Waals surface area contributed by atoms with E-state index in [4.69, 9.17) is 10.6 Å². The van der Waals surface area contributed by atoms with Gasteiger partial charge in [-0.1, -0.05) is 24.3 Å². The standard InChI is InChI=1S/C12H16N2O2/c13-12(15)8-16-14-11-7-3-5-9-4-1-2-6-10(9)11/h1-2,4,6,11,14H,3,5,7-8H2,(H2,13,15). The number of carbonyl (C=O) groups is 1. The van der Waals surface area contributed by atoms with Crippen LogP contribution in [0.3, 0.4) is 0 Å². The second-order valence-corrected chi connectivity index (χ2v) is 4.02. The fourth-order valence-corrected chi connectivity index (χ4v) is 2.09. The van der Waals surface area contributed by atoms with Gasteiger partial charge in [0.1, 0.15) is 6.61 Å². The molecule has 0 saturated carbocycles. The van der Waals surface area contributed by atoms with E-state index in [-0.39, 0.29) is 12.6 Å². The van der Waals surface area contributed by atoms with Crippen LogP contribution in [0.25, 0.3) is 0 Å². The summed E-state index contributed by atoms with van der Waals surface area (Å²) in [6.07, 6.45) is 3.27. The van der Waals surface area contributed by atoms with Crippen LogP contribution in [0.4, 0.5) is 0 Å². The number of nitrogens with one attached hydrogen (secondary N) is 1. The Morgan fingerprint density at radius 3 is 3.12 bits per heavy atom. The highest BCUT2D eigenvalue weighted by Gasteiger charge is 2.19. The molecule has 0 spiro atoms. The van der Waals surface area contributed by atoms with Gasteiger partial charge in [0.15, 0.2) is 0 Å². The summed E-state index contributed by atoms with van der Waals surface area (Å²) in [5.41, 5.74) is 10.5. The van der Waals surface area contributed by atoms with Gasteiger partial charge in [-0.2, -0.15) is 5.48 Å². The second kappa shape index (κ2) is 5.09. The molecule has 1 unspecified atom stereocenters. The monoisotopic (exact) mass is 220 g/mol. The van der Waals surface area contributed by atoms with Crippen molar-refractivity contribution in [3.8, 4) is 0 Å². The zero-order valence-corrected chi connectivity index (χ0v) is 9.11. The molecule has 0 bridgehead atoms. The maximum atomic E-state index is 10.5. The molecule has 86 valence electrons. The van der Waals surface area contributed by atoms with Gasteiger partial charge in [-0.05, 0) is 30.4 Å². The van der Waals surface area contributed by atoms with Crippen molar-refractivity contribution < 1.29 is 9.63 Å². The highest BCUT2D eigenvalue weighted by atomic mass is 16.6. The lowest BCUT2D eigenvalue weighted by molar-refractivity contribution is -0.126. The Kier molecular flexibility index (Phi) is 3.54. The first-order valence-corrected chi connectivity index (χ1v) is 5.51. The van der Waals surface area contributed by atoms with Crippen LogP contribution < -0.4 is 11.2 Å². The van der Waals surface area contributed by atoms with Gasteiger partial charge in [0.05, 0.1) is 6.04 Å². The molecular formula is C12H16N2O2. The van der Waals surface area contributed by atoms with E-state index in [9.17, 15) is 4.79 Å². The Hall–Kier alpha value is -1.39. The third-order valence-corrected chi connectivity index (χ3v) is 2.81. The number of nitrogens with two attached hydrogens (primary N) is 1. The molecule has 16 heavy (non-hydrogen) atoms. The summed E-state index contributed by atoms with van der Waals surface area (Å²) in [5, 5.41) is 0. The van der Waals surface area contributed by atoms with Crippen LogP contribution in [0.2, 0.25) is 0 Å². The zero-order chi connectivity index (χ0) is 11.4. The lowest BCUT2D eigenvalue weighted by Gasteiger charge is -2.25. The number of fused-ring (bicyclic) bond motifs is 1. The highest BCUT2D eigenvalue weighted by molar-refractivity contribution is 5.74. The van der Waals surface area contributed by atoms with Crippen LogP contribution >= 0.6 is 0 Å². The molecule has 4 heteroatoms. The fourth-order valence-electron chi connectivity index (χ4n) is 2.09. The quantitative estimate of drug-likeness (QED) is 0.746. The van der Waals surface area contributed by atoms with E-state index < -0.39 is 5.91 Å². The number of benzene rings is 1. The summed E-state index contributed by atoms with van der Waals surface area (Å²) < 4.78 is 0. The van der Waals surface area contributed by atoms with E-state index in [0.717, 1.165) is 19.3 Å². The molecule has 0 fully saturated rings. The molecule has 1 aliphatic carbocycles. The van der Waals surface area contributed by atoms with Gasteiger partial charge in [-0.15, -0.1) is 0 Å². The van der Waals surface area contributed by atoms with Gasteiger partial charge in [0.2, 0.25) is 5.91 Å². The Labute approximate surface area is 94.7 Å². The molecule has 2 rings (SSSR count). The van der Waals surface area contributed by atoms with E-state index in [0.29, 0.717) is 0 Å². The Morgan fingerprint density at radius 1 is 1.50 bits per heavy atom. The van der Waals surface area contributed by atoms with Gasteiger partial charge in [0, 0.05) is 0 Å². The minimum atomic E-state index is -0.461. The first-order valence-electron chi connectivity index (χ1n) is 5.51. The van der Waals surface area contributed by atoms with E-state index in [1.807, 2.05) is 12.1 Å². The van der Waals surface area contributed by atoms with Crippen molar-refractivity contribution in [2.75, 3.05) is 6.61 Å². The van der Waals surface area contributed by atoms with Crippen LogP contribution in [0, 0.1) is 0 Å². The Balaban J connectivity index is 1.99. The second-order valence-electron chi connectivity index (χ2n) is 4.02. The number of aryl methyl sites for hydroxylation is 1. The molecule has 0 aromatic heterocycles. The molecule has 1 aliphatic rings. The molecule has 0 heterocycles. The van der Waals surface area contributed by atoms with Crippen LogP contribution in [-0.4, -0.2) is 12.5 Å². The van der Waals surface area contributed by atoms with Gasteiger partial charge in [-0.25, -0.2) is 0 Å². The van der Waals surface area contributed by atoms with Gasteiger partial charge < -0.3 is 5.73 Å². The van der Waals surface area contributed by atoms with Crippen LogP contribution in [0.15, 0.2) is 24.3 Å². The minimum Gasteiger partial charge on any atom is -0.368 e. The van der Waals surface area contributed by atoms with Crippen molar-refractivity contribution in [2.24, 2.45) is 5.73 Å². The topological polar surface area (TPSA) is 64.4 Å². The number of rotatable bonds is 4. The molecule has 0 radical (unpaired) electrons. The number of hydrogen-bond acceptors (Lipinski definition) is 3. The zero-order valence-electron chi connectivity index (χ0n) is 9.11. The summed E-state index contributed by atoms with van der Waals surface area (Å²) in [6.45, 7) is -0.0847. The average Bonchev–Trinajstić information content (AvgIpc) is 2.29. The van der Waals surface area contributed by atoms with Crippen molar-refractivity contribution >= 4 is 5.91 Å². The van der Waals surface area contributed by atoms with Crippen molar-refractivity contribution in [1.82, 2.24) is 5.48 Å². The number of hydrogen-bond donors (Lipinski definition) is 2. The van der Waals surface area contributed by atoms with E-state index >= 15 is 0 Å². The Bertz CT molecular complexity index is 379. The molecule has 1 aromatic carbocycles. The molecule has 4 nitrogen and oxygen atoms in total. The van der Waals surface area contributed by atoms with E-state index in [2.05, 4.69) is 17.6 Å². The van der Waals surface area contributed by atoms with Crippen LogP contribution in [-0.2, 0) is 16.1 Å². The average molecular weight is 220 g/mol. The summed E-state index contributed by atoms with van der Waals surface area (Å²) in [4.78, 5) is 15.6. The Morgan fingerprint density at radius 2 is 2.31 bits per heavy atom. The number of hydroxylamine groups is 1. The van der Waals surface area contributed by atoms with Gasteiger partial charge in [0.25, 0.3) is 0 Å². The number of amides is 1. The summed E-state index contributed by atoms with van der Waals surface area (Å²) in [7, 11) is 0. The normalized spacial score (nSPS) is 19.1. The van der Waals surface area contributed by atoms with Crippen LogP contribution in [0.1, 0.15) is 30.0 Å². The molecular weight excluding hydrogens is 204 g/mol. The number of primary amides is 1. The van der Waals surface area contributed by atoms with E-state index in [1.54, 1.807) is 0 Å². The third kappa shape index (κ3) is 2.59. The molecule has 1 amide bonds. The molecule has 1 atom stereocenters. The first-order chi connectivity index (χ1) is 7.77.